The van der Waals surface area contributed by atoms with Crippen LogP contribution in [0.5, 0.6) is 5.75 Å². The highest BCUT2D eigenvalue weighted by Crippen LogP contribution is 2.16. The van der Waals surface area contributed by atoms with E-state index in [1.54, 1.807) is 18.2 Å². The quantitative estimate of drug-likeness (QED) is 0.769. The van der Waals surface area contributed by atoms with Crippen LogP contribution < -0.4 is 4.74 Å². The van der Waals surface area contributed by atoms with Gasteiger partial charge < -0.3 is 14.4 Å². The Bertz CT molecular complexity index is 426. The summed E-state index contributed by atoms with van der Waals surface area (Å²) in [7, 11) is 2.03. The molecule has 0 atom stereocenters. The number of hydrogen-bond donors (Lipinski definition) is 0. The minimum absolute atomic E-state index is 0.212. The van der Waals surface area contributed by atoms with Crippen molar-refractivity contribution in [2.75, 3.05) is 46.4 Å². The molecule has 1 aliphatic heterocycles. The van der Waals surface area contributed by atoms with Crippen LogP contribution in [0.3, 0.4) is 0 Å². The normalized spacial score (nSPS) is 16.6. The van der Waals surface area contributed by atoms with E-state index < -0.39 is 6.61 Å². The van der Waals surface area contributed by atoms with Crippen LogP contribution in [0.4, 0.5) is 8.78 Å². The first-order valence-electron chi connectivity index (χ1n) is 7.16. The van der Waals surface area contributed by atoms with E-state index in [9.17, 15) is 8.78 Å². The molecule has 1 saturated heterocycles. The molecule has 0 radical (unpaired) electrons. The van der Waals surface area contributed by atoms with Gasteiger partial charge in [0.1, 0.15) is 5.75 Å². The molecule has 0 bridgehead atoms. The van der Waals surface area contributed by atoms with E-state index >= 15 is 0 Å². The van der Waals surface area contributed by atoms with Crippen LogP contribution in [0, 0.1) is 0 Å². The summed E-state index contributed by atoms with van der Waals surface area (Å²) in [5, 5.41) is 0. The Morgan fingerprint density at radius 2 is 2.10 bits per heavy atom. The number of morpholine rings is 1. The molecule has 21 heavy (non-hydrogen) atoms. The van der Waals surface area contributed by atoms with Crippen molar-refractivity contribution < 1.29 is 18.3 Å². The van der Waals surface area contributed by atoms with E-state index in [1.807, 2.05) is 13.1 Å². The highest BCUT2D eigenvalue weighted by Gasteiger charge is 2.11. The third-order valence-corrected chi connectivity index (χ3v) is 3.48. The SMILES string of the molecule is CN(CCN1CCOCC1)Cc1cccc(OC(F)F)c1. The standard InChI is InChI=1S/C15H22F2N2O2/c1-18(5-6-19-7-9-20-10-8-19)12-13-3-2-4-14(11-13)21-15(16)17/h2-4,11,15H,5-10,12H2,1H3. The summed E-state index contributed by atoms with van der Waals surface area (Å²) in [5.74, 6) is 0.212. The second-order valence-electron chi connectivity index (χ2n) is 5.22. The van der Waals surface area contributed by atoms with E-state index in [0.717, 1.165) is 45.0 Å². The van der Waals surface area contributed by atoms with Crippen LogP contribution in [0.1, 0.15) is 5.56 Å². The van der Waals surface area contributed by atoms with Crippen molar-refractivity contribution >= 4 is 0 Å². The molecular weight excluding hydrogens is 278 g/mol. The summed E-state index contributed by atoms with van der Waals surface area (Å²) in [6, 6.07) is 6.87. The molecule has 0 spiro atoms. The van der Waals surface area contributed by atoms with E-state index in [0.29, 0.717) is 6.54 Å². The van der Waals surface area contributed by atoms with Crippen LogP contribution in [0.25, 0.3) is 0 Å². The van der Waals surface area contributed by atoms with Crippen LogP contribution >= 0.6 is 0 Å². The molecule has 1 aromatic rings. The van der Waals surface area contributed by atoms with Gasteiger partial charge in [0, 0.05) is 32.7 Å². The summed E-state index contributed by atoms with van der Waals surface area (Å²) in [4.78, 5) is 4.55. The summed E-state index contributed by atoms with van der Waals surface area (Å²) in [6.07, 6.45) is 0. The van der Waals surface area contributed by atoms with Gasteiger partial charge in [-0.1, -0.05) is 12.1 Å². The van der Waals surface area contributed by atoms with Gasteiger partial charge in [-0.05, 0) is 24.7 Å². The summed E-state index contributed by atoms with van der Waals surface area (Å²) >= 11 is 0. The summed E-state index contributed by atoms with van der Waals surface area (Å²) < 4.78 is 34.1. The Hall–Kier alpha value is -1.24. The van der Waals surface area contributed by atoms with E-state index in [1.165, 1.54) is 0 Å². The van der Waals surface area contributed by atoms with Crippen molar-refractivity contribution in [2.24, 2.45) is 0 Å². The number of halogens is 2. The Morgan fingerprint density at radius 3 is 2.81 bits per heavy atom. The van der Waals surface area contributed by atoms with Crippen molar-refractivity contribution in [1.82, 2.24) is 9.80 Å². The van der Waals surface area contributed by atoms with E-state index in [2.05, 4.69) is 14.5 Å². The van der Waals surface area contributed by atoms with Crippen molar-refractivity contribution in [1.29, 1.82) is 0 Å². The number of likely N-dealkylation sites (N-methyl/N-ethyl adjacent to an activating group) is 1. The van der Waals surface area contributed by atoms with Crippen LogP contribution in [-0.4, -0.2) is 62.9 Å². The molecule has 0 unspecified atom stereocenters. The summed E-state index contributed by atoms with van der Waals surface area (Å²) in [5.41, 5.74) is 0.970. The number of nitrogens with zero attached hydrogens (tertiary/aromatic N) is 2. The molecule has 1 heterocycles. The van der Waals surface area contributed by atoms with Crippen molar-refractivity contribution in [3.63, 3.8) is 0 Å². The Kier molecular flexibility index (Phi) is 6.35. The van der Waals surface area contributed by atoms with Gasteiger partial charge in [-0.3, -0.25) is 4.90 Å². The molecule has 0 saturated carbocycles. The molecule has 0 aromatic heterocycles. The van der Waals surface area contributed by atoms with Gasteiger partial charge in [0.25, 0.3) is 0 Å². The monoisotopic (exact) mass is 300 g/mol. The molecule has 2 rings (SSSR count). The third-order valence-electron chi connectivity index (χ3n) is 3.48. The first kappa shape index (κ1) is 16.1. The molecule has 6 heteroatoms. The predicted octanol–water partition coefficient (Wildman–Crippen LogP) is 2.05. The fraction of sp³-hybridized carbons (Fsp3) is 0.600. The third kappa shape index (κ3) is 5.95. The maximum Gasteiger partial charge on any atom is 0.387 e. The molecular formula is C15H22F2N2O2. The number of rotatable bonds is 7. The zero-order valence-corrected chi connectivity index (χ0v) is 12.3. The van der Waals surface area contributed by atoms with Gasteiger partial charge in [-0.2, -0.15) is 8.78 Å². The Morgan fingerprint density at radius 1 is 1.33 bits per heavy atom. The van der Waals surface area contributed by atoms with Gasteiger partial charge >= 0.3 is 6.61 Å². The number of alkyl halides is 2. The second kappa shape index (κ2) is 8.26. The lowest BCUT2D eigenvalue weighted by Crippen LogP contribution is -2.40. The lowest BCUT2D eigenvalue weighted by atomic mass is 10.2. The Labute approximate surface area is 124 Å². The minimum atomic E-state index is -2.78. The lowest BCUT2D eigenvalue weighted by molar-refractivity contribution is -0.0499. The number of ether oxygens (including phenoxy) is 2. The molecule has 1 fully saturated rings. The Balaban J connectivity index is 1.77. The summed E-state index contributed by atoms with van der Waals surface area (Å²) in [6.45, 7) is 3.42. The molecule has 0 aliphatic carbocycles. The van der Waals surface area contributed by atoms with E-state index in [4.69, 9.17) is 4.74 Å². The van der Waals surface area contributed by atoms with Gasteiger partial charge in [0.2, 0.25) is 0 Å². The van der Waals surface area contributed by atoms with Crippen molar-refractivity contribution in [3.8, 4) is 5.75 Å². The molecule has 1 aromatic carbocycles. The first-order chi connectivity index (χ1) is 10.1. The molecule has 0 amide bonds. The molecule has 118 valence electrons. The van der Waals surface area contributed by atoms with Gasteiger partial charge in [-0.25, -0.2) is 0 Å². The van der Waals surface area contributed by atoms with Crippen molar-refractivity contribution in [3.05, 3.63) is 29.8 Å². The first-order valence-corrected chi connectivity index (χ1v) is 7.16. The maximum absolute atomic E-state index is 12.2. The highest BCUT2D eigenvalue weighted by atomic mass is 19.3. The molecule has 1 aliphatic rings. The van der Waals surface area contributed by atoms with Gasteiger partial charge in [-0.15, -0.1) is 0 Å². The topological polar surface area (TPSA) is 24.9 Å². The molecule has 0 N–H and O–H groups in total. The zero-order valence-electron chi connectivity index (χ0n) is 12.3. The van der Waals surface area contributed by atoms with Crippen LogP contribution in [0.15, 0.2) is 24.3 Å². The fourth-order valence-electron chi connectivity index (χ4n) is 2.35. The average Bonchev–Trinajstić information content (AvgIpc) is 2.46. The largest absolute Gasteiger partial charge is 0.435 e. The smallest absolute Gasteiger partial charge is 0.387 e. The van der Waals surface area contributed by atoms with Gasteiger partial charge in [0.15, 0.2) is 0 Å². The number of hydrogen-bond acceptors (Lipinski definition) is 4. The minimum Gasteiger partial charge on any atom is -0.435 e. The van der Waals surface area contributed by atoms with Crippen LogP contribution in [0.2, 0.25) is 0 Å². The van der Waals surface area contributed by atoms with Crippen molar-refractivity contribution in [2.45, 2.75) is 13.2 Å². The zero-order chi connectivity index (χ0) is 15.1. The molecule has 4 nitrogen and oxygen atoms in total. The van der Waals surface area contributed by atoms with E-state index in [-0.39, 0.29) is 5.75 Å². The predicted molar refractivity (Wildman–Crippen MR) is 76.7 cm³/mol. The maximum atomic E-state index is 12.2. The second-order valence-corrected chi connectivity index (χ2v) is 5.22. The van der Waals surface area contributed by atoms with Gasteiger partial charge in [0.05, 0.1) is 13.2 Å². The number of benzene rings is 1. The van der Waals surface area contributed by atoms with Crippen LogP contribution in [-0.2, 0) is 11.3 Å². The average molecular weight is 300 g/mol. The fourth-order valence-corrected chi connectivity index (χ4v) is 2.35. The highest BCUT2D eigenvalue weighted by molar-refractivity contribution is 5.28. The lowest BCUT2D eigenvalue weighted by Gasteiger charge is -2.28.